The number of hydrogen-bond acceptors (Lipinski definition) is 1. The molecule has 0 saturated heterocycles. The minimum absolute atomic E-state index is 0.444. The van der Waals surface area contributed by atoms with Crippen LogP contribution in [0.25, 0.3) is 0 Å². The maximum Gasteiger partial charge on any atom is 0.118 e. The van der Waals surface area contributed by atoms with Crippen molar-refractivity contribution in [3.05, 3.63) is 29.3 Å². The summed E-state index contributed by atoms with van der Waals surface area (Å²) in [7, 11) is 0. The molecule has 1 N–H and O–H groups in total. The van der Waals surface area contributed by atoms with E-state index in [1.807, 2.05) is 6.07 Å². The van der Waals surface area contributed by atoms with Crippen molar-refractivity contribution in [2.45, 2.75) is 40.0 Å². The Hall–Kier alpha value is -0.980. The number of phenolic OH excluding ortho intramolecular Hbond substituents is 1. The van der Waals surface area contributed by atoms with Crippen LogP contribution >= 0.6 is 0 Å². The van der Waals surface area contributed by atoms with Crippen LogP contribution in [-0.2, 0) is 6.42 Å². The molecule has 0 saturated carbocycles. The summed E-state index contributed by atoms with van der Waals surface area (Å²) in [5.41, 5.74) is 2.31. The third-order valence-electron chi connectivity index (χ3n) is 2.46. The Bertz CT molecular complexity index is 289. The molecular weight excluding hydrogens is 172 g/mol. The minimum atomic E-state index is 0.444. The van der Waals surface area contributed by atoms with Gasteiger partial charge in [0.1, 0.15) is 5.75 Å². The van der Waals surface area contributed by atoms with Crippen LogP contribution in [0.5, 0.6) is 5.75 Å². The Kier molecular flexibility index (Phi) is 3.99. The molecular formula is C13H20O. The van der Waals surface area contributed by atoms with Crippen LogP contribution < -0.4 is 0 Å². The third-order valence-corrected chi connectivity index (χ3v) is 2.46. The maximum atomic E-state index is 9.60. The number of hydrogen-bond donors (Lipinski definition) is 1. The molecule has 1 rings (SSSR count). The fourth-order valence-corrected chi connectivity index (χ4v) is 1.62. The third kappa shape index (κ3) is 3.41. The summed E-state index contributed by atoms with van der Waals surface area (Å²) >= 11 is 0. The number of aromatic hydroxyl groups is 1. The first-order valence-electron chi connectivity index (χ1n) is 5.38. The van der Waals surface area contributed by atoms with Crippen molar-refractivity contribution in [2.24, 2.45) is 5.92 Å². The highest BCUT2D eigenvalue weighted by atomic mass is 16.3. The van der Waals surface area contributed by atoms with Crippen molar-refractivity contribution in [3.63, 3.8) is 0 Å². The Balaban J connectivity index is 2.53. The molecule has 0 aliphatic carbocycles. The first-order valence-corrected chi connectivity index (χ1v) is 5.38. The Morgan fingerprint density at radius 1 is 1.29 bits per heavy atom. The van der Waals surface area contributed by atoms with Gasteiger partial charge in [-0.05, 0) is 37.3 Å². The number of aryl methyl sites for hydroxylation is 2. The molecule has 1 aromatic rings. The number of phenols is 1. The van der Waals surface area contributed by atoms with E-state index >= 15 is 0 Å². The van der Waals surface area contributed by atoms with Crippen LogP contribution in [0.1, 0.15) is 37.8 Å². The molecule has 0 fully saturated rings. The summed E-state index contributed by atoms with van der Waals surface area (Å²) in [5.74, 6) is 1.20. The molecule has 78 valence electrons. The second kappa shape index (κ2) is 5.04. The van der Waals surface area contributed by atoms with E-state index in [9.17, 15) is 5.11 Å². The zero-order chi connectivity index (χ0) is 10.6. The van der Waals surface area contributed by atoms with Crippen LogP contribution in [0.3, 0.4) is 0 Å². The van der Waals surface area contributed by atoms with Gasteiger partial charge in [-0.1, -0.05) is 38.0 Å². The molecule has 0 amide bonds. The molecule has 1 nitrogen and oxygen atoms in total. The van der Waals surface area contributed by atoms with Gasteiger partial charge in [-0.3, -0.25) is 0 Å². The van der Waals surface area contributed by atoms with E-state index < -0.39 is 0 Å². The second-order valence-electron chi connectivity index (χ2n) is 4.42. The average Bonchev–Trinajstić information content (AvgIpc) is 2.10. The molecule has 1 aromatic carbocycles. The fraction of sp³-hybridized carbons (Fsp3) is 0.538. The molecule has 0 aliphatic rings. The van der Waals surface area contributed by atoms with Gasteiger partial charge in [-0.25, -0.2) is 0 Å². The van der Waals surface area contributed by atoms with E-state index in [1.165, 1.54) is 12.0 Å². The predicted molar refractivity (Wildman–Crippen MR) is 60.6 cm³/mol. The average molecular weight is 192 g/mol. The van der Waals surface area contributed by atoms with Crippen LogP contribution in [0.2, 0.25) is 0 Å². The van der Waals surface area contributed by atoms with Crippen molar-refractivity contribution >= 4 is 0 Å². The quantitative estimate of drug-likeness (QED) is 0.771. The van der Waals surface area contributed by atoms with Crippen molar-refractivity contribution < 1.29 is 5.11 Å². The van der Waals surface area contributed by atoms with E-state index in [2.05, 4.69) is 26.8 Å². The maximum absolute atomic E-state index is 9.60. The van der Waals surface area contributed by atoms with Gasteiger partial charge in [0, 0.05) is 0 Å². The molecule has 0 bridgehead atoms. The van der Waals surface area contributed by atoms with E-state index in [4.69, 9.17) is 0 Å². The van der Waals surface area contributed by atoms with Gasteiger partial charge in [0.05, 0.1) is 0 Å². The molecule has 0 spiro atoms. The highest BCUT2D eigenvalue weighted by molar-refractivity contribution is 5.35. The predicted octanol–water partition coefficient (Wildman–Crippen LogP) is 3.68. The molecule has 0 radical (unpaired) electrons. The summed E-state index contributed by atoms with van der Waals surface area (Å²) in [6, 6.07) is 5.82. The summed E-state index contributed by atoms with van der Waals surface area (Å²) in [6.07, 6.45) is 3.38. The zero-order valence-corrected chi connectivity index (χ0v) is 9.38. The van der Waals surface area contributed by atoms with Crippen molar-refractivity contribution in [2.75, 3.05) is 0 Å². The van der Waals surface area contributed by atoms with Crippen molar-refractivity contribution in [1.82, 2.24) is 0 Å². The Morgan fingerprint density at radius 3 is 2.64 bits per heavy atom. The second-order valence-corrected chi connectivity index (χ2v) is 4.42. The fourth-order valence-electron chi connectivity index (χ4n) is 1.62. The van der Waals surface area contributed by atoms with Crippen molar-refractivity contribution in [3.8, 4) is 5.75 Å². The summed E-state index contributed by atoms with van der Waals surface area (Å²) in [6.45, 7) is 6.53. The van der Waals surface area contributed by atoms with Gasteiger partial charge in [-0.2, -0.15) is 0 Å². The van der Waals surface area contributed by atoms with Gasteiger partial charge in [0.2, 0.25) is 0 Å². The topological polar surface area (TPSA) is 20.2 Å². The summed E-state index contributed by atoms with van der Waals surface area (Å²) < 4.78 is 0. The molecule has 0 aromatic heterocycles. The van der Waals surface area contributed by atoms with Crippen LogP contribution in [0, 0.1) is 12.8 Å². The molecule has 14 heavy (non-hydrogen) atoms. The first-order chi connectivity index (χ1) is 6.59. The zero-order valence-electron chi connectivity index (χ0n) is 9.38. The molecule has 0 aliphatic heterocycles. The lowest BCUT2D eigenvalue weighted by atomic mass is 10.0. The molecule has 1 heteroatoms. The Labute approximate surface area is 86.8 Å². The van der Waals surface area contributed by atoms with Gasteiger partial charge >= 0.3 is 0 Å². The highest BCUT2D eigenvalue weighted by Crippen LogP contribution is 2.21. The van der Waals surface area contributed by atoms with Gasteiger partial charge in [0.15, 0.2) is 0 Å². The van der Waals surface area contributed by atoms with E-state index in [0.717, 1.165) is 24.3 Å². The molecule has 0 unspecified atom stereocenters. The van der Waals surface area contributed by atoms with Gasteiger partial charge < -0.3 is 5.11 Å². The van der Waals surface area contributed by atoms with Crippen LogP contribution in [0.15, 0.2) is 18.2 Å². The SMILES string of the molecule is Cc1ccc(O)c(CCCC(C)C)c1. The highest BCUT2D eigenvalue weighted by Gasteiger charge is 2.01. The van der Waals surface area contributed by atoms with Crippen molar-refractivity contribution in [1.29, 1.82) is 0 Å². The normalized spacial score (nSPS) is 10.9. The van der Waals surface area contributed by atoms with Crippen LogP contribution in [0.4, 0.5) is 0 Å². The van der Waals surface area contributed by atoms with E-state index in [0.29, 0.717) is 5.75 Å². The molecule has 0 atom stereocenters. The van der Waals surface area contributed by atoms with Gasteiger partial charge in [0.25, 0.3) is 0 Å². The number of rotatable bonds is 4. The monoisotopic (exact) mass is 192 g/mol. The van der Waals surface area contributed by atoms with Gasteiger partial charge in [-0.15, -0.1) is 0 Å². The van der Waals surface area contributed by atoms with Crippen LogP contribution in [-0.4, -0.2) is 5.11 Å². The summed E-state index contributed by atoms with van der Waals surface area (Å²) in [5, 5.41) is 9.60. The minimum Gasteiger partial charge on any atom is -0.508 e. The number of benzene rings is 1. The largest absolute Gasteiger partial charge is 0.508 e. The smallest absolute Gasteiger partial charge is 0.118 e. The lowest BCUT2D eigenvalue weighted by Gasteiger charge is -2.07. The van der Waals surface area contributed by atoms with E-state index in [-0.39, 0.29) is 0 Å². The molecule has 0 heterocycles. The summed E-state index contributed by atoms with van der Waals surface area (Å²) in [4.78, 5) is 0. The first kappa shape index (κ1) is 11.1. The Morgan fingerprint density at radius 2 is 2.00 bits per heavy atom. The lowest BCUT2D eigenvalue weighted by Crippen LogP contribution is -1.92. The standard InChI is InChI=1S/C13H20O/c1-10(2)5-4-6-12-9-11(3)7-8-13(12)14/h7-10,14H,4-6H2,1-3H3. The lowest BCUT2D eigenvalue weighted by molar-refractivity contribution is 0.463. The van der Waals surface area contributed by atoms with E-state index in [1.54, 1.807) is 6.07 Å².